The lowest BCUT2D eigenvalue weighted by molar-refractivity contribution is -0.180. The Labute approximate surface area is 402 Å². The minimum Gasteiger partial charge on any atom is -0.344 e. The third kappa shape index (κ3) is 28.1. The van der Waals surface area contributed by atoms with E-state index in [-0.39, 0.29) is 24.0 Å². The molecule has 0 bridgehead atoms. The second-order valence-corrected chi connectivity index (χ2v) is 20.7. The van der Waals surface area contributed by atoms with Gasteiger partial charge in [0, 0.05) is 11.8 Å². The quantitative estimate of drug-likeness (QED) is 0.0322. The summed E-state index contributed by atoms with van der Waals surface area (Å²) in [5.74, 6) is 0.153. The van der Waals surface area contributed by atoms with Gasteiger partial charge in [0.2, 0.25) is 0 Å². The zero-order valence-electron chi connectivity index (χ0n) is 42.6. The highest BCUT2D eigenvalue weighted by Crippen LogP contribution is 2.47. The molecule has 0 N–H and O–H groups in total. The van der Waals surface area contributed by atoms with Crippen molar-refractivity contribution in [1.29, 1.82) is 0 Å². The fourth-order valence-electron chi connectivity index (χ4n) is 8.54. The van der Waals surface area contributed by atoms with Gasteiger partial charge in [-0.25, -0.2) is 0 Å². The highest BCUT2D eigenvalue weighted by Gasteiger charge is 2.32. The van der Waals surface area contributed by atoms with Crippen molar-refractivity contribution in [2.24, 2.45) is 11.8 Å². The fourth-order valence-corrected chi connectivity index (χ4v) is 9.90. The standard InChI is InChI=1S/C59H97O5P/c1-7-9-11-13-15-17-19-21-23-25-27-29-40-48-56(54-44-36-32-37-45-54)61-58(51(3)4)63-65(60-50-53-42-34-31-35-43-53)64-59(52(5)6)62-57(55-46-38-33-39-47-55)49-41-30-28-26-24-22-20-18-16-14-12-10-8-2/h31-39,42-47,51-52,56-59H,7-30,40-41,48-50H2,1-6H3. The van der Waals surface area contributed by atoms with E-state index >= 15 is 0 Å². The van der Waals surface area contributed by atoms with Crippen LogP contribution in [0.4, 0.5) is 0 Å². The first kappa shape index (κ1) is 57.2. The van der Waals surface area contributed by atoms with Crippen LogP contribution in [0.25, 0.3) is 0 Å². The Bertz CT molecular complexity index is 1370. The van der Waals surface area contributed by atoms with Gasteiger partial charge in [-0.05, 0) is 29.5 Å². The van der Waals surface area contributed by atoms with Crippen LogP contribution in [0.1, 0.15) is 250 Å². The van der Waals surface area contributed by atoms with Crippen molar-refractivity contribution in [2.45, 2.75) is 253 Å². The van der Waals surface area contributed by atoms with Gasteiger partial charge in [-0.15, -0.1) is 0 Å². The molecule has 0 fully saturated rings. The van der Waals surface area contributed by atoms with Gasteiger partial charge in [0.15, 0.2) is 12.6 Å². The molecule has 5 nitrogen and oxygen atoms in total. The minimum atomic E-state index is -1.84. The summed E-state index contributed by atoms with van der Waals surface area (Å²) in [7, 11) is -1.84. The van der Waals surface area contributed by atoms with Gasteiger partial charge in [0.25, 0.3) is 0 Å². The molecule has 3 aromatic carbocycles. The van der Waals surface area contributed by atoms with Crippen molar-refractivity contribution < 1.29 is 23.0 Å². The molecular weight excluding hydrogens is 820 g/mol. The fraction of sp³-hybridized carbons (Fsp3) is 0.695. The first-order chi connectivity index (χ1) is 31.9. The molecule has 65 heavy (non-hydrogen) atoms. The van der Waals surface area contributed by atoms with Crippen LogP contribution in [-0.4, -0.2) is 12.6 Å². The first-order valence-electron chi connectivity index (χ1n) is 27.1. The van der Waals surface area contributed by atoms with Crippen molar-refractivity contribution in [3.05, 3.63) is 108 Å². The Morgan fingerprint density at radius 3 is 0.969 bits per heavy atom. The number of rotatable bonds is 43. The average molecular weight is 917 g/mol. The number of benzene rings is 3. The smallest absolute Gasteiger partial charge is 0.337 e. The maximum absolute atomic E-state index is 7.00. The van der Waals surface area contributed by atoms with Gasteiger partial charge < -0.3 is 14.0 Å². The monoisotopic (exact) mass is 917 g/mol. The lowest BCUT2D eigenvalue weighted by atomic mass is 10.0. The SMILES string of the molecule is CCCCCCCCCCCCCCCC(OC(OP(OCc1ccccc1)OC(OC(CCCCCCCCCCCCCCC)c1ccccc1)C(C)C)C(C)C)c1ccccc1. The number of unbranched alkanes of at least 4 members (excludes halogenated alkanes) is 24. The van der Waals surface area contributed by atoms with Crippen molar-refractivity contribution >= 4 is 8.60 Å². The van der Waals surface area contributed by atoms with Crippen molar-refractivity contribution in [1.82, 2.24) is 0 Å². The molecule has 3 rings (SSSR count). The predicted molar refractivity (Wildman–Crippen MR) is 279 cm³/mol. The zero-order chi connectivity index (χ0) is 46.4. The highest BCUT2D eigenvalue weighted by molar-refractivity contribution is 7.41. The van der Waals surface area contributed by atoms with Gasteiger partial charge in [0.1, 0.15) is 0 Å². The number of hydrogen-bond acceptors (Lipinski definition) is 5. The Kier molecular flexibility index (Phi) is 34.2. The largest absolute Gasteiger partial charge is 0.344 e. The summed E-state index contributed by atoms with van der Waals surface area (Å²) in [5, 5.41) is 0. The predicted octanol–water partition coefficient (Wildman–Crippen LogP) is 19.9. The highest BCUT2D eigenvalue weighted by atomic mass is 31.2. The van der Waals surface area contributed by atoms with Crippen molar-refractivity contribution in [3.8, 4) is 0 Å². The molecule has 4 unspecified atom stereocenters. The summed E-state index contributed by atoms with van der Waals surface area (Å²) in [6.45, 7) is 13.6. The minimum absolute atomic E-state index is 0.0767. The molecule has 0 amide bonds. The van der Waals surface area contributed by atoms with Gasteiger partial charge >= 0.3 is 8.60 Å². The molecular formula is C59H97O5P. The second kappa shape index (κ2) is 38.8. The van der Waals surface area contributed by atoms with Gasteiger partial charge in [0.05, 0.1) is 18.8 Å². The summed E-state index contributed by atoms with van der Waals surface area (Å²) in [5.41, 5.74) is 3.46. The topological polar surface area (TPSA) is 46.2 Å². The molecule has 3 aromatic rings. The van der Waals surface area contributed by atoms with E-state index in [1.54, 1.807) is 0 Å². The number of hydrogen-bond donors (Lipinski definition) is 0. The molecule has 0 aliphatic heterocycles. The third-order valence-corrected chi connectivity index (χ3v) is 13.8. The summed E-state index contributed by atoms with van der Waals surface area (Å²) in [6.07, 6.45) is 35.6. The Morgan fingerprint density at radius 1 is 0.369 bits per heavy atom. The first-order valence-corrected chi connectivity index (χ1v) is 28.2. The molecule has 0 spiro atoms. The van der Waals surface area contributed by atoms with E-state index in [1.165, 1.54) is 165 Å². The van der Waals surface area contributed by atoms with Crippen LogP contribution in [0.15, 0.2) is 91.0 Å². The molecule has 0 saturated carbocycles. The summed E-state index contributed by atoms with van der Waals surface area (Å²) in [4.78, 5) is 0. The van der Waals surface area contributed by atoms with Crippen LogP contribution in [0.2, 0.25) is 0 Å². The van der Waals surface area contributed by atoms with Gasteiger partial charge in [-0.3, -0.25) is 9.05 Å². The van der Waals surface area contributed by atoms with E-state index < -0.39 is 21.2 Å². The van der Waals surface area contributed by atoms with Crippen molar-refractivity contribution in [3.63, 3.8) is 0 Å². The van der Waals surface area contributed by atoms with E-state index in [4.69, 9.17) is 23.0 Å². The summed E-state index contributed by atoms with van der Waals surface area (Å²) >= 11 is 0. The van der Waals surface area contributed by atoms with Crippen LogP contribution in [0.5, 0.6) is 0 Å². The molecule has 0 aromatic heterocycles. The lowest BCUT2D eigenvalue weighted by Crippen LogP contribution is -2.28. The molecule has 4 atom stereocenters. The van der Waals surface area contributed by atoms with Crippen LogP contribution < -0.4 is 0 Å². The Hall–Kier alpha value is -2.11. The molecule has 0 aliphatic carbocycles. The van der Waals surface area contributed by atoms with Crippen LogP contribution in [0.3, 0.4) is 0 Å². The second-order valence-electron chi connectivity index (χ2n) is 19.6. The zero-order valence-corrected chi connectivity index (χ0v) is 43.5. The van der Waals surface area contributed by atoms with Gasteiger partial charge in [-0.2, -0.15) is 0 Å². The number of ether oxygens (including phenoxy) is 2. The molecule has 0 saturated heterocycles. The molecule has 0 heterocycles. The van der Waals surface area contributed by atoms with Crippen LogP contribution in [0, 0.1) is 11.8 Å². The van der Waals surface area contributed by atoms with E-state index in [9.17, 15) is 0 Å². The maximum atomic E-state index is 7.00. The summed E-state index contributed by atoms with van der Waals surface area (Å²) in [6, 6.07) is 31.7. The van der Waals surface area contributed by atoms with E-state index in [0.717, 1.165) is 31.2 Å². The summed E-state index contributed by atoms with van der Waals surface area (Å²) < 4.78 is 34.3. The Morgan fingerprint density at radius 2 is 0.662 bits per heavy atom. The molecule has 0 radical (unpaired) electrons. The average Bonchev–Trinajstić information content (AvgIpc) is 3.32. The van der Waals surface area contributed by atoms with Crippen molar-refractivity contribution in [2.75, 3.05) is 0 Å². The van der Waals surface area contributed by atoms with Gasteiger partial charge in [-0.1, -0.05) is 299 Å². The third-order valence-electron chi connectivity index (χ3n) is 12.7. The molecule has 368 valence electrons. The Balaban J connectivity index is 1.61. The van der Waals surface area contributed by atoms with Crippen LogP contribution >= 0.6 is 8.60 Å². The van der Waals surface area contributed by atoms with Crippen LogP contribution in [-0.2, 0) is 29.7 Å². The van der Waals surface area contributed by atoms with E-state index in [0.29, 0.717) is 6.61 Å². The van der Waals surface area contributed by atoms with E-state index in [2.05, 4.69) is 114 Å². The molecule has 6 heteroatoms. The van der Waals surface area contributed by atoms with E-state index in [1.807, 2.05) is 18.2 Å². The lowest BCUT2D eigenvalue weighted by Gasteiger charge is -2.33. The molecule has 0 aliphatic rings. The normalized spacial score (nSPS) is 14.2. The maximum Gasteiger partial charge on any atom is 0.337 e.